The Hall–Kier alpha value is -1.09. The van der Waals surface area contributed by atoms with E-state index < -0.39 is 0 Å². The number of anilines is 1. The van der Waals surface area contributed by atoms with E-state index in [1.54, 1.807) is 0 Å². The highest BCUT2D eigenvalue weighted by atomic mass is 15.2. The second-order valence-corrected chi connectivity index (χ2v) is 5.41. The highest BCUT2D eigenvalue weighted by Crippen LogP contribution is 2.36. The van der Waals surface area contributed by atoms with Gasteiger partial charge in [0.1, 0.15) is 0 Å². The van der Waals surface area contributed by atoms with Crippen molar-refractivity contribution in [2.24, 2.45) is 5.92 Å². The Morgan fingerprint density at radius 3 is 3.06 bits per heavy atom. The van der Waals surface area contributed by atoms with E-state index >= 15 is 0 Å². The summed E-state index contributed by atoms with van der Waals surface area (Å²) in [5, 5.41) is 0. The number of pyridine rings is 1. The number of hydrogen-bond acceptors (Lipinski definition) is 3. The van der Waals surface area contributed by atoms with Gasteiger partial charge in [0.2, 0.25) is 0 Å². The maximum absolute atomic E-state index is 5.98. The van der Waals surface area contributed by atoms with Gasteiger partial charge in [-0.3, -0.25) is 9.88 Å². The first-order valence-corrected chi connectivity index (χ1v) is 6.78. The third kappa shape index (κ3) is 2.16. The molecule has 2 heterocycles. The van der Waals surface area contributed by atoms with Crippen LogP contribution in [0.25, 0.3) is 0 Å². The van der Waals surface area contributed by atoms with Crippen LogP contribution in [-0.2, 0) is 6.54 Å². The van der Waals surface area contributed by atoms with Crippen LogP contribution in [0.3, 0.4) is 0 Å². The van der Waals surface area contributed by atoms with Crippen molar-refractivity contribution in [3.05, 3.63) is 24.0 Å². The zero-order chi connectivity index (χ0) is 11.7. The Morgan fingerprint density at radius 2 is 2.18 bits per heavy atom. The van der Waals surface area contributed by atoms with Crippen molar-refractivity contribution in [1.82, 2.24) is 9.88 Å². The molecule has 17 heavy (non-hydrogen) atoms. The molecule has 1 aromatic heterocycles. The molecule has 3 nitrogen and oxygen atoms in total. The van der Waals surface area contributed by atoms with E-state index in [1.807, 2.05) is 18.3 Å². The number of hydrogen-bond donors (Lipinski definition) is 1. The van der Waals surface area contributed by atoms with Crippen LogP contribution in [0.5, 0.6) is 0 Å². The number of likely N-dealkylation sites (tertiary alicyclic amines) is 1. The summed E-state index contributed by atoms with van der Waals surface area (Å²) in [6, 6.07) is 4.66. The highest BCUT2D eigenvalue weighted by molar-refractivity contribution is 5.41. The first-order chi connectivity index (χ1) is 8.34. The topological polar surface area (TPSA) is 42.1 Å². The van der Waals surface area contributed by atoms with Gasteiger partial charge in [0, 0.05) is 18.8 Å². The number of fused-ring (bicyclic) bond motifs is 1. The first kappa shape index (κ1) is 11.0. The molecule has 3 heteroatoms. The SMILES string of the molecule is Nc1cccnc1CN1CCC2CCCCC21. The van der Waals surface area contributed by atoms with E-state index in [2.05, 4.69) is 9.88 Å². The van der Waals surface area contributed by atoms with Crippen LogP contribution in [-0.4, -0.2) is 22.5 Å². The molecule has 1 saturated heterocycles. The molecule has 2 unspecified atom stereocenters. The lowest BCUT2D eigenvalue weighted by Gasteiger charge is -2.31. The zero-order valence-electron chi connectivity index (χ0n) is 10.3. The minimum atomic E-state index is 0.796. The molecular formula is C14H21N3. The standard InChI is InChI=1S/C14H21N3/c15-12-5-3-8-16-13(12)10-17-9-7-11-4-1-2-6-14(11)17/h3,5,8,11,14H,1-2,4,6-7,9-10,15H2. The van der Waals surface area contributed by atoms with E-state index in [1.165, 1.54) is 38.6 Å². The normalized spacial score (nSPS) is 29.2. The van der Waals surface area contributed by atoms with Gasteiger partial charge in [-0.25, -0.2) is 0 Å². The summed E-state index contributed by atoms with van der Waals surface area (Å²) in [4.78, 5) is 7.01. The zero-order valence-corrected chi connectivity index (χ0v) is 10.3. The largest absolute Gasteiger partial charge is 0.397 e. The second-order valence-electron chi connectivity index (χ2n) is 5.41. The molecule has 0 radical (unpaired) electrons. The first-order valence-electron chi connectivity index (χ1n) is 6.78. The van der Waals surface area contributed by atoms with Crippen LogP contribution in [0.1, 0.15) is 37.8 Å². The van der Waals surface area contributed by atoms with Crippen LogP contribution in [0, 0.1) is 5.92 Å². The Balaban J connectivity index is 1.71. The molecule has 0 bridgehead atoms. The molecular weight excluding hydrogens is 210 g/mol. The lowest BCUT2D eigenvalue weighted by molar-refractivity contribution is 0.174. The Morgan fingerprint density at radius 1 is 1.29 bits per heavy atom. The molecule has 1 saturated carbocycles. The van der Waals surface area contributed by atoms with Crippen LogP contribution in [0.15, 0.2) is 18.3 Å². The monoisotopic (exact) mass is 231 g/mol. The van der Waals surface area contributed by atoms with Gasteiger partial charge in [0.05, 0.1) is 11.4 Å². The molecule has 2 N–H and O–H groups in total. The van der Waals surface area contributed by atoms with Crippen LogP contribution in [0.2, 0.25) is 0 Å². The molecule has 0 aromatic carbocycles. The van der Waals surface area contributed by atoms with Gasteiger partial charge in [0.25, 0.3) is 0 Å². The second kappa shape index (κ2) is 4.65. The van der Waals surface area contributed by atoms with E-state index in [0.717, 1.165) is 29.9 Å². The van der Waals surface area contributed by atoms with Crippen molar-refractivity contribution in [1.29, 1.82) is 0 Å². The molecule has 3 rings (SSSR count). The number of nitrogen functional groups attached to an aromatic ring is 1. The van der Waals surface area contributed by atoms with Gasteiger partial charge in [-0.2, -0.15) is 0 Å². The van der Waals surface area contributed by atoms with Crippen molar-refractivity contribution >= 4 is 5.69 Å². The predicted molar refractivity (Wildman–Crippen MR) is 69.4 cm³/mol. The molecule has 2 atom stereocenters. The summed E-state index contributed by atoms with van der Waals surface area (Å²) < 4.78 is 0. The summed E-state index contributed by atoms with van der Waals surface area (Å²) in [6.07, 6.45) is 8.85. The minimum Gasteiger partial charge on any atom is -0.397 e. The summed E-state index contributed by atoms with van der Waals surface area (Å²) >= 11 is 0. The molecule has 1 aliphatic carbocycles. The number of rotatable bonds is 2. The Bertz CT molecular complexity index is 391. The van der Waals surface area contributed by atoms with Gasteiger partial charge in [-0.1, -0.05) is 12.8 Å². The minimum absolute atomic E-state index is 0.796. The third-order valence-electron chi connectivity index (χ3n) is 4.40. The fourth-order valence-corrected chi connectivity index (χ4v) is 3.47. The van der Waals surface area contributed by atoms with E-state index in [0.29, 0.717) is 0 Å². The van der Waals surface area contributed by atoms with Gasteiger partial charge in [-0.05, 0) is 43.9 Å². The molecule has 92 valence electrons. The van der Waals surface area contributed by atoms with E-state index in [9.17, 15) is 0 Å². The number of nitrogens with zero attached hydrogens (tertiary/aromatic N) is 2. The summed E-state index contributed by atoms with van der Waals surface area (Å²) in [7, 11) is 0. The third-order valence-corrected chi connectivity index (χ3v) is 4.40. The maximum Gasteiger partial charge on any atom is 0.0772 e. The summed E-state index contributed by atoms with van der Waals surface area (Å²) in [6.45, 7) is 2.17. The highest BCUT2D eigenvalue weighted by Gasteiger charge is 2.35. The molecule has 0 amide bonds. The van der Waals surface area contributed by atoms with Crippen molar-refractivity contribution < 1.29 is 0 Å². The van der Waals surface area contributed by atoms with Crippen molar-refractivity contribution in [3.8, 4) is 0 Å². The molecule has 2 aliphatic rings. The quantitative estimate of drug-likeness (QED) is 0.850. The maximum atomic E-state index is 5.98. The molecule has 0 spiro atoms. The predicted octanol–water partition coefficient (Wildman–Crippen LogP) is 2.43. The fraction of sp³-hybridized carbons (Fsp3) is 0.643. The van der Waals surface area contributed by atoms with Crippen LogP contribution in [0.4, 0.5) is 5.69 Å². The molecule has 1 aromatic rings. The van der Waals surface area contributed by atoms with E-state index in [-0.39, 0.29) is 0 Å². The molecule has 1 aliphatic heterocycles. The lowest BCUT2D eigenvalue weighted by atomic mass is 9.85. The van der Waals surface area contributed by atoms with Gasteiger partial charge < -0.3 is 5.73 Å². The average molecular weight is 231 g/mol. The summed E-state index contributed by atoms with van der Waals surface area (Å²) in [5.41, 5.74) is 7.87. The van der Waals surface area contributed by atoms with E-state index in [4.69, 9.17) is 5.73 Å². The number of nitrogens with two attached hydrogens (primary N) is 1. The number of aromatic nitrogens is 1. The van der Waals surface area contributed by atoms with Crippen molar-refractivity contribution in [2.45, 2.75) is 44.7 Å². The Labute approximate surface area is 103 Å². The van der Waals surface area contributed by atoms with Gasteiger partial charge >= 0.3 is 0 Å². The van der Waals surface area contributed by atoms with Crippen molar-refractivity contribution in [3.63, 3.8) is 0 Å². The fourth-order valence-electron chi connectivity index (χ4n) is 3.47. The average Bonchev–Trinajstić information content (AvgIpc) is 2.76. The van der Waals surface area contributed by atoms with Gasteiger partial charge in [-0.15, -0.1) is 0 Å². The lowest BCUT2D eigenvalue weighted by Crippen LogP contribution is -2.34. The van der Waals surface area contributed by atoms with Crippen molar-refractivity contribution in [2.75, 3.05) is 12.3 Å². The smallest absolute Gasteiger partial charge is 0.0772 e. The van der Waals surface area contributed by atoms with Crippen LogP contribution < -0.4 is 5.73 Å². The van der Waals surface area contributed by atoms with Crippen LogP contribution >= 0.6 is 0 Å². The Kier molecular flexibility index (Phi) is 3.02. The molecule has 2 fully saturated rings. The summed E-state index contributed by atoms with van der Waals surface area (Å²) in [5.74, 6) is 0.939. The van der Waals surface area contributed by atoms with Gasteiger partial charge in [0.15, 0.2) is 0 Å².